The average molecular weight is 341 g/mol. The number of aryl methyl sites for hydroxylation is 1. The molecule has 0 amide bonds. The number of nitrogens with zero attached hydrogens (tertiary/aromatic N) is 3. The number of nitro benzene ring substituents is 1. The van der Waals surface area contributed by atoms with E-state index in [4.69, 9.17) is 9.47 Å². The van der Waals surface area contributed by atoms with Gasteiger partial charge in [0, 0.05) is 30.1 Å². The molecule has 128 valence electrons. The van der Waals surface area contributed by atoms with Crippen molar-refractivity contribution in [2.45, 2.75) is 0 Å². The van der Waals surface area contributed by atoms with Gasteiger partial charge in [-0.05, 0) is 12.1 Å². The second kappa shape index (κ2) is 6.23. The molecule has 0 spiro atoms. The molecule has 1 heterocycles. The van der Waals surface area contributed by atoms with E-state index in [0.29, 0.717) is 33.5 Å². The van der Waals surface area contributed by atoms with Gasteiger partial charge in [0.2, 0.25) is 0 Å². The SMILES string of the molecule is COc1cc2c(-c3cccc([N+](=O)[O-])c3)nn(C)c(=O)c2cc1OC. The normalized spacial score (nSPS) is 10.7. The van der Waals surface area contributed by atoms with E-state index in [0.717, 1.165) is 0 Å². The van der Waals surface area contributed by atoms with Gasteiger partial charge in [0.25, 0.3) is 11.2 Å². The highest BCUT2D eigenvalue weighted by atomic mass is 16.6. The summed E-state index contributed by atoms with van der Waals surface area (Å²) in [7, 11) is 4.50. The first-order valence-electron chi connectivity index (χ1n) is 7.34. The summed E-state index contributed by atoms with van der Waals surface area (Å²) in [5, 5.41) is 16.2. The predicted octanol–water partition coefficient (Wildman–Crippen LogP) is 2.53. The molecule has 8 heteroatoms. The van der Waals surface area contributed by atoms with E-state index in [-0.39, 0.29) is 11.2 Å². The van der Waals surface area contributed by atoms with Gasteiger partial charge < -0.3 is 9.47 Å². The zero-order valence-corrected chi connectivity index (χ0v) is 13.8. The van der Waals surface area contributed by atoms with Crippen LogP contribution < -0.4 is 15.0 Å². The molecule has 0 aliphatic heterocycles. The lowest BCUT2D eigenvalue weighted by molar-refractivity contribution is -0.384. The molecule has 3 rings (SSSR count). The van der Waals surface area contributed by atoms with Gasteiger partial charge in [0.05, 0.1) is 30.2 Å². The summed E-state index contributed by atoms with van der Waals surface area (Å²) in [6.45, 7) is 0. The van der Waals surface area contributed by atoms with Crippen molar-refractivity contribution >= 4 is 16.5 Å². The van der Waals surface area contributed by atoms with E-state index in [1.807, 2.05) is 0 Å². The lowest BCUT2D eigenvalue weighted by Crippen LogP contribution is -2.20. The Bertz CT molecular complexity index is 1040. The monoisotopic (exact) mass is 341 g/mol. The lowest BCUT2D eigenvalue weighted by atomic mass is 10.0. The summed E-state index contributed by atoms with van der Waals surface area (Å²) < 4.78 is 11.7. The Kier molecular flexibility index (Phi) is 4.10. The Morgan fingerprint density at radius 3 is 2.32 bits per heavy atom. The molecule has 0 aliphatic carbocycles. The summed E-state index contributed by atoms with van der Waals surface area (Å²) in [5.74, 6) is 0.861. The first-order valence-corrected chi connectivity index (χ1v) is 7.34. The van der Waals surface area contributed by atoms with Crippen molar-refractivity contribution in [2.75, 3.05) is 14.2 Å². The number of rotatable bonds is 4. The van der Waals surface area contributed by atoms with Crippen LogP contribution in [0, 0.1) is 10.1 Å². The molecule has 3 aromatic rings. The van der Waals surface area contributed by atoms with Gasteiger partial charge in [-0.15, -0.1) is 0 Å². The molecule has 0 saturated heterocycles. The van der Waals surface area contributed by atoms with Crippen LogP contribution in [-0.2, 0) is 7.05 Å². The minimum absolute atomic E-state index is 0.0539. The number of methoxy groups -OCH3 is 2. The Morgan fingerprint density at radius 2 is 1.72 bits per heavy atom. The number of hydrogen-bond donors (Lipinski definition) is 0. The highest BCUT2D eigenvalue weighted by molar-refractivity contribution is 5.96. The number of hydrogen-bond acceptors (Lipinski definition) is 6. The number of non-ortho nitro benzene ring substituents is 1. The Morgan fingerprint density at radius 1 is 1.08 bits per heavy atom. The Balaban J connectivity index is 2.39. The molecule has 0 unspecified atom stereocenters. The van der Waals surface area contributed by atoms with Gasteiger partial charge in [0.1, 0.15) is 0 Å². The first-order chi connectivity index (χ1) is 12.0. The van der Waals surface area contributed by atoms with Crippen LogP contribution in [0.1, 0.15) is 0 Å². The molecule has 0 saturated carbocycles. The minimum Gasteiger partial charge on any atom is -0.493 e. The number of fused-ring (bicyclic) bond motifs is 1. The highest BCUT2D eigenvalue weighted by Crippen LogP contribution is 2.35. The fourth-order valence-electron chi connectivity index (χ4n) is 2.66. The zero-order valence-electron chi connectivity index (χ0n) is 13.8. The van der Waals surface area contributed by atoms with E-state index >= 15 is 0 Å². The number of aromatic nitrogens is 2. The van der Waals surface area contributed by atoms with E-state index in [9.17, 15) is 14.9 Å². The summed E-state index contributed by atoms with van der Waals surface area (Å²) in [6, 6.07) is 9.33. The highest BCUT2D eigenvalue weighted by Gasteiger charge is 2.17. The molecular weight excluding hydrogens is 326 g/mol. The lowest BCUT2D eigenvalue weighted by Gasteiger charge is -2.12. The maximum atomic E-state index is 12.5. The molecular formula is C17H15N3O5. The molecule has 8 nitrogen and oxygen atoms in total. The smallest absolute Gasteiger partial charge is 0.274 e. The Labute approximate surface area is 142 Å². The van der Waals surface area contributed by atoms with Crippen molar-refractivity contribution in [3.8, 4) is 22.8 Å². The van der Waals surface area contributed by atoms with Crippen LogP contribution in [0.2, 0.25) is 0 Å². The second-order valence-electron chi connectivity index (χ2n) is 5.34. The quantitative estimate of drug-likeness (QED) is 0.534. The fraction of sp³-hybridized carbons (Fsp3) is 0.176. The van der Waals surface area contributed by atoms with E-state index < -0.39 is 4.92 Å². The number of nitro groups is 1. The molecule has 25 heavy (non-hydrogen) atoms. The summed E-state index contributed by atoms with van der Waals surface area (Å²) in [4.78, 5) is 23.0. The van der Waals surface area contributed by atoms with Gasteiger partial charge in [-0.1, -0.05) is 12.1 Å². The maximum Gasteiger partial charge on any atom is 0.274 e. The van der Waals surface area contributed by atoms with Crippen molar-refractivity contribution in [2.24, 2.45) is 7.05 Å². The van der Waals surface area contributed by atoms with Crippen LogP contribution in [0.15, 0.2) is 41.2 Å². The third-order valence-corrected chi connectivity index (χ3v) is 3.88. The first kappa shape index (κ1) is 16.4. The van der Waals surface area contributed by atoms with Crippen molar-refractivity contribution < 1.29 is 14.4 Å². The third-order valence-electron chi connectivity index (χ3n) is 3.88. The largest absolute Gasteiger partial charge is 0.493 e. The van der Waals surface area contributed by atoms with Crippen LogP contribution >= 0.6 is 0 Å². The van der Waals surface area contributed by atoms with Crippen LogP contribution in [0.25, 0.3) is 22.0 Å². The number of ether oxygens (including phenoxy) is 2. The van der Waals surface area contributed by atoms with E-state index in [1.165, 1.54) is 38.1 Å². The molecule has 0 atom stereocenters. The molecule has 2 aromatic carbocycles. The summed E-state index contributed by atoms with van der Waals surface area (Å²) in [6.07, 6.45) is 0. The standard InChI is InChI=1S/C17H15N3O5/c1-19-17(21)13-9-15(25-3)14(24-2)8-12(13)16(18-19)10-5-4-6-11(7-10)20(22)23/h4-9H,1-3H3. The zero-order chi connectivity index (χ0) is 18.1. The molecule has 0 bridgehead atoms. The van der Waals surface area contributed by atoms with Crippen molar-refractivity contribution in [1.29, 1.82) is 0 Å². The second-order valence-corrected chi connectivity index (χ2v) is 5.34. The molecule has 0 aliphatic rings. The predicted molar refractivity (Wildman–Crippen MR) is 92.2 cm³/mol. The van der Waals surface area contributed by atoms with Gasteiger partial charge in [-0.2, -0.15) is 5.10 Å². The maximum absolute atomic E-state index is 12.5. The van der Waals surface area contributed by atoms with Gasteiger partial charge >= 0.3 is 0 Å². The Hall–Kier alpha value is -3.42. The molecule has 1 aromatic heterocycles. The van der Waals surface area contributed by atoms with E-state index in [1.54, 1.807) is 24.3 Å². The molecule has 0 fully saturated rings. The van der Waals surface area contributed by atoms with Crippen LogP contribution in [0.4, 0.5) is 5.69 Å². The van der Waals surface area contributed by atoms with Crippen LogP contribution in [0.5, 0.6) is 11.5 Å². The van der Waals surface area contributed by atoms with Crippen LogP contribution in [0.3, 0.4) is 0 Å². The van der Waals surface area contributed by atoms with Crippen molar-refractivity contribution in [1.82, 2.24) is 9.78 Å². The number of benzene rings is 2. The van der Waals surface area contributed by atoms with Crippen molar-refractivity contribution in [3.05, 3.63) is 56.9 Å². The van der Waals surface area contributed by atoms with Gasteiger partial charge in [-0.25, -0.2) is 4.68 Å². The molecule has 0 N–H and O–H groups in total. The topological polar surface area (TPSA) is 96.5 Å². The summed E-state index contributed by atoms with van der Waals surface area (Å²) >= 11 is 0. The third kappa shape index (κ3) is 2.78. The molecule has 0 radical (unpaired) electrons. The van der Waals surface area contributed by atoms with Gasteiger partial charge in [0.15, 0.2) is 11.5 Å². The van der Waals surface area contributed by atoms with Crippen molar-refractivity contribution in [3.63, 3.8) is 0 Å². The average Bonchev–Trinajstić information content (AvgIpc) is 2.63. The van der Waals surface area contributed by atoms with E-state index in [2.05, 4.69) is 5.10 Å². The summed E-state index contributed by atoms with van der Waals surface area (Å²) in [5.41, 5.74) is 0.621. The minimum atomic E-state index is -0.475. The van der Waals surface area contributed by atoms with Crippen LogP contribution in [-0.4, -0.2) is 28.9 Å². The fourth-order valence-corrected chi connectivity index (χ4v) is 2.66. The van der Waals surface area contributed by atoms with Gasteiger partial charge in [-0.3, -0.25) is 14.9 Å².